The predicted octanol–water partition coefficient (Wildman–Crippen LogP) is 1.97. The van der Waals surface area contributed by atoms with Gasteiger partial charge in [-0.1, -0.05) is 17.6 Å². The molecule has 0 radical (unpaired) electrons. The number of carbonyl (C=O) groups is 1. The number of nitrogens with one attached hydrogen (secondary N) is 1. The number of rotatable bonds is 2. The summed E-state index contributed by atoms with van der Waals surface area (Å²) in [6.07, 6.45) is 11.6. The first kappa shape index (κ1) is 12.6. The highest BCUT2D eigenvalue weighted by Gasteiger charge is 2.40. The fourth-order valence-electron chi connectivity index (χ4n) is 4.23. The molecule has 3 aliphatic carbocycles. The lowest BCUT2D eigenvalue weighted by molar-refractivity contribution is -0.111. The number of fused-ring (bicyclic) bond motifs is 3. The third kappa shape index (κ3) is 2.13. The molecule has 0 heterocycles. The van der Waals surface area contributed by atoms with Crippen LogP contribution in [0.1, 0.15) is 51.4 Å². The lowest BCUT2D eigenvalue weighted by Gasteiger charge is -2.46. The van der Waals surface area contributed by atoms with Crippen LogP contribution in [-0.4, -0.2) is 17.9 Å². The van der Waals surface area contributed by atoms with E-state index in [-0.39, 0.29) is 5.48 Å². The third-order valence-electron chi connectivity index (χ3n) is 4.88. The normalized spacial score (nSPS) is 35.6. The van der Waals surface area contributed by atoms with Gasteiger partial charge in [-0.05, 0) is 50.9 Å². The van der Waals surface area contributed by atoms with Gasteiger partial charge in [-0.2, -0.15) is 0 Å². The van der Waals surface area contributed by atoms with Crippen molar-refractivity contribution in [1.29, 1.82) is 0 Å². The Hall–Kier alpha value is -0.830. The summed E-state index contributed by atoms with van der Waals surface area (Å²) in [4.78, 5) is 10.7. The largest absolute Gasteiger partial charge is 0.412 e. The zero-order chi connectivity index (χ0) is 11.0. The van der Waals surface area contributed by atoms with Crippen LogP contribution in [0.5, 0.6) is 0 Å². The van der Waals surface area contributed by atoms with E-state index < -0.39 is 0 Å². The molecule has 0 spiro atoms. The van der Waals surface area contributed by atoms with E-state index in [9.17, 15) is 4.79 Å². The molecular formula is C14H23NO2. The predicted molar refractivity (Wildman–Crippen MR) is 67.5 cm³/mol. The van der Waals surface area contributed by atoms with Crippen molar-refractivity contribution < 1.29 is 10.3 Å². The summed E-state index contributed by atoms with van der Waals surface area (Å²) in [5.74, 6) is 1.42. The van der Waals surface area contributed by atoms with Gasteiger partial charge in [0.25, 0.3) is 0 Å². The molecule has 96 valence electrons. The SMILES string of the molecule is O.O=CN[C@H]1[C@@H]2CCC[C@H]1C1=C(CCCC1)C2. The molecule has 3 heteroatoms. The highest BCUT2D eigenvalue weighted by Crippen LogP contribution is 2.47. The van der Waals surface area contributed by atoms with Gasteiger partial charge in [-0.15, -0.1) is 0 Å². The van der Waals surface area contributed by atoms with Crippen molar-refractivity contribution in [2.24, 2.45) is 11.8 Å². The minimum Gasteiger partial charge on any atom is -0.412 e. The standard InChI is InChI=1S/C14H21NO.H2O/c16-9-15-14-11-5-3-7-13(14)12-6-2-1-4-10(12)8-11;/h9,11,13-14H,1-8H2,(H,15,16);1H2/t11-,13+,14+;/m1./s1. The molecule has 0 unspecified atom stereocenters. The van der Waals surface area contributed by atoms with E-state index in [1.54, 1.807) is 11.1 Å². The molecule has 3 aliphatic rings. The van der Waals surface area contributed by atoms with E-state index in [1.807, 2.05) is 0 Å². The van der Waals surface area contributed by atoms with Gasteiger partial charge < -0.3 is 10.8 Å². The second-order valence-corrected chi connectivity index (χ2v) is 5.65. The molecule has 3 N–H and O–H groups in total. The van der Waals surface area contributed by atoms with Crippen molar-refractivity contribution in [3.8, 4) is 0 Å². The maximum absolute atomic E-state index is 10.7. The van der Waals surface area contributed by atoms with Crippen LogP contribution in [0.4, 0.5) is 0 Å². The first-order valence-electron chi connectivity index (χ1n) is 6.80. The van der Waals surface area contributed by atoms with Crippen molar-refractivity contribution >= 4 is 6.41 Å². The van der Waals surface area contributed by atoms with E-state index in [1.165, 1.54) is 51.4 Å². The van der Waals surface area contributed by atoms with Gasteiger partial charge in [0, 0.05) is 12.0 Å². The van der Waals surface area contributed by atoms with Crippen LogP contribution in [0.25, 0.3) is 0 Å². The highest BCUT2D eigenvalue weighted by molar-refractivity contribution is 5.48. The summed E-state index contributed by atoms with van der Waals surface area (Å²) in [5, 5.41) is 3.10. The van der Waals surface area contributed by atoms with Gasteiger partial charge in [0.2, 0.25) is 6.41 Å². The van der Waals surface area contributed by atoms with E-state index in [2.05, 4.69) is 5.32 Å². The zero-order valence-electron chi connectivity index (χ0n) is 10.4. The fourth-order valence-corrected chi connectivity index (χ4v) is 4.23. The Bertz CT molecular complexity index is 324. The van der Waals surface area contributed by atoms with Crippen molar-refractivity contribution in [1.82, 2.24) is 5.32 Å². The molecule has 0 aromatic carbocycles. The highest BCUT2D eigenvalue weighted by atomic mass is 16.1. The first-order valence-corrected chi connectivity index (χ1v) is 6.80. The van der Waals surface area contributed by atoms with Gasteiger partial charge in [0.15, 0.2) is 0 Å². The first-order chi connectivity index (χ1) is 7.90. The molecule has 1 amide bonds. The Labute approximate surface area is 103 Å². The zero-order valence-corrected chi connectivity index (χ0v) is 10.4. The molecule has 0 saturated heterocycles. The average Bonchev–Trinajstić information content (AvgIpc) is 2.30. The van der Waals surface area contributed by atoms with E-state index in [0.717, 1.165) is 12.3 Å². The molecule has 0 aromatic rings. The summed E-state index contributed by atoms with van der Waals surface area (Å²) in [6.45, 7) is 0. The number of hydrogen-bond acceptors (Lipinski definition) is 1. The quantitative estimate of drug-likeness (QED) is 0.579. The Kier molecular flexibility index (Phi) is 3.87. The lowest BCUT2D eigenvalue weighted by Crippen LogP contribution is -2.48. The van der Waals surface area contributed by atoms with Crippen LogP contribution in [0.3, 0.4) is 0 Å². The second-order valence-electron chi connectivity index (χ2n) is 5.65. The smallest absolute Gasteiger partial charge is 0.207 e. The molecule has 0 aliphatic heterocycles. The third-order valence-corrected chi connectivity index (χ3v) is 4.88. The minimum atomic E-state index is 0. The molecule has 3 rings (SSSR count). The summed E-state index contributed by atoms with van der Waals surface area (Å²) in [5.41, 5.74) is 3.51. The summed E-state index contributed by atoms with van der Waals surface area (Å²) < 4.78 is 0. The maximum atomic E-state index is 10.7. The molecule has 1 saturated carbocycles. The molecule has 3 nitrogen and oxygen atoms in total. The van der Waals surface area contributed by atoms with Gasteiger partial charge >= 0.3 is 0 Å². The maximum Gasteiger partial charge on any atom is 0.207 e. The summed E-state index contributed by atoms with van der Waals surface area (Å²) >= 11 is 0. The van der Waals surface area contributed by atoms with Crippen LogP contribution < -0.4 is 5.32 Å². The molecular weight excluding hydrogens is 214 g/mol. The second kappa shape index (κ2) is 5.21. The molecule has 1 fully saturated rings. The lowest BCUT2D eigenvalue weighted by atomic mass is 9.63. The monoisotopic (exact) mass is 237 g/mol. The number of allylic oxidation sites excluding steroid dienone is 1. The Morgan fingerprint density at radius 2 is 1.94 bits per heavy atom. The van der Waals surface area contributed by atoms with E-state index >= 15 is 0 Å². The van der Waals surface area contributed by atoms with Crippen LogP contribution >= 0.6 is 0 Å². The van der Waals surface area contributed by atoms with E-state index in [0.29, 0.717) is 12.0 Å². The van der Waals surface area contributed by atoms with Crippen LogP contribution in [-0.2, 0) is 4.79 Å². The van der Waals surface area contributed by atoms with Crippen molar-refractivity contribution in [3.63, 3.8) is 0 Å². The minimum absolute atomic E-state index is 0. The number of hydrogen-bond donors (Lipinski definition) is 1. The number of carbonyl (C=O) groups excluding carboxylic acids is 1. The Morgan fingerprint density at radius 3 is 2.76 bits per heavy atom. The molecule has 17 heavy (non-hydrogen) atoms. The Morgan fingerprint density at radius 1 is 1.12 bits per heavy atom. The molecule has 0 aromatic heterocycles. The topological polar surface area (TPSA) is 60.6 Å². The average molecular weight is 237 g/mol. The van der Waals surface area contributed by atoms with Crippen molar-refractivity contribution in [2.75, 3.05) is 0 Å². The van der Waals surface area contributed by atoms with E-state index in [4.69, 9.17) is 0 Å². The number of amides is 1. The Balaban J connectivity index is 0.00000108. The van der Waals surface area contributed by atoms with Crippen LogP contribution in [0, 0.1) is 11.8 Å². The van der Waals surface area contributed by atoms with Gasteiger partial charge in [-0.25, -0.2) is 0 Å². The van der Waals surface area contributed by atoms with Crippen molar-refractivity contribution in [2.45, 2.75) is 57.4 Å². The molecule has 2 bridgehead atoms. The van der Waals surface area contributed by atoms with Crippen molar-refractivity contribution in [3.05, 3.63) is 11.1 Å². The van der Waals surface area contributed by atoms with Crippen LogP contribution in [0.15, 0.2) is 11.1 Å². The summed E-state index contributed by atoms with van der Waals surface area (Å²) in [7, 11) is 0. The fraction of sp³-hybridized carbons (Fsp3) is 0.786. The van der Waals surface area contributed by atoms with Crippen LogP contribution in [0.2, 0.25) is 0 Å². The van der Waals surface area contributed by atoms with Gasteiger partial charge in [0.1, 0.15) is 0 Å². The summed E-state index contributed by atoms with van der Waals surface area (Å²) in [6, 6.07) is 0.461. The van der Waals surface area contributed by atoms with Gasteiger partial charge in [0.05, 0.1) is 0 Å². The van der Waals surface area contributed by atoms with Gasteiger partial charge in [-0.3, -0.25) is 4.79 Å². The molecule has 3 atom stereocenters.